The summed E-state index contributed by atoms with van der Waals surface area (Å²) >= 11 is 0.932. The van der Waals surface area contributed by atoms with Crippen LogP contribution in [-0.4, -0.2) is 123 Å². The minimum Gasteiger partial charge on any atom is -0.453 e. The Morgan fingerprint density at radius 1 is 1.02 bits per heavy atom. The maximum atomic E-state index is 13.4. The number of aryl methyl sites for hydroxylation is 1. The molecule has 47 heavy (non-hydrogen) atoms. The van der Waals surface area contributed by atoms with E-state index in [1.165, 1.54) is 17.1 Å². The predicted molar refractivity (Wildman–Crippen MR) is 186 cm³/mol. The standard InChI is InChI=1S/C32H41N9O4S2/c1-22(20-39-13-17-41(18-14-39)47(43,44)30-23(2)36-31(46-30)37-32(42)45-4)35-29-27-10-6-9-26(28(27)33-21-34-29)24-7-5-8-25(19-24)40-15-11-38(3)12-16-40/h5-10,19,21-22H,11-18,20H2,1-4H3,(H,33,34,35)(H,36,37,42)/t22-/m0/s1. The van der Waals surface area contributed by atoms with Crippen molar-refractivity contribution in [2.45, 2.75) is 24.1 Å². The molecule has 2 N–H and O–H groups in total. The van der Waals surface area contributed by atoms with Crippen LogP contribution in [0.5, 0.6) is 0 Å². The van der Waals surface area contributed by atoms with Crippen molar-refractivity contribution in [1.82, 2.24) is 29.1 Å². The molecule has 15 heteroatoms. The molecule has 13 nitrogen and oxygen atoms in total. The van der Waals surface area contributed by atoms with Crippen LogP contribution in [0.2, 0.25) is 0 Å². The van der Waals surface area contributed by atoms with Crippen LogP contribution in [-0.2, 0) is 14.8 Å². The van der Waals surface area contributed by atoms with Gasteiger partial charge in [-0.2, -0.15) is 4.31 Å². The van der Waals surface area contributed by atoms with Gasteiger partial charge in [-0.15, -0.1) is 0 Å². The van der Waals surface area contributed by atoms with Crippen LogP contribution in [0.25, 0.3) is 22.0 Å². The van der Waals surface area contributed by atoms with Crippen molar-refractivity contribution >= 4 is 55.0 Å². The molecule has 0 aliphatic carbocycles. The molecule has 0 spiro atoms. The van der Waals surface area contributed by atoms with Gasteiger partial charge in [0.25, 0.3) is 10.0 Å². The van der Waals surface area contributed by atoms with Gasteiger partial charge in [0, 0.05) is 81.6 Å². The van der Waals surface area contributed by atoms with Crippen molar-refractivity contribution in [2.75, 3.05) is 88.6 Å². The van der Waals surface area contributed by atoms with E-state index < -0.39 is 16.1 Å². The first-order valence-corrected chi connectivity index (χ1v) is 18.0. The second kappa shape index (κ2) is 14.1. The average Bonchev–Trinajstić information content (AvgIpc) is 3.45. The highest BCUT2D eigenvalue weighted by Gasteiger charge is 2.32. The highest BCUT2D eigenvalue weighted by Crippen LogP contribution is 2.33. The fraction of sp³-hybridized carbons (Fsp3) is 0.438. The molecule has 2 aliphatic heterocycles. The van der Waals surface area contributed by atoms with Crippen molar-refractivity contribution in [3.8, 4) is 11.1 Å². The number of carbonyl (C=O) groups is 1. The van der Waals surface area contributed by atoms with Crippen LogP contribution in [0, 0.1) is 6.92 Å². The second-order valence-electron chi connectivity index (χ2n) is 12.0. The Kier molecular flexibility index (Phi) is 9.89. The quantitative estimate of drug-likeness (QED) is 0.267. The Morgan fingerprint density at radius 2 is 1.77 bits per heavy atom. The van der Waals surface area contributed by atoms with Crippen LogP contribution in [0.3, 0.4) is 0 Å². The van der Waals surface area contributed by atoms with Crippen LogP contribution >= 0.6 is 11.3 Å². The third-order valence-electron chi connectivity index (χ3n) is 8.66. The molecular weight excluding hydrogens is 639 g/mol. The van der Waals surface area contributed by atoms with Crippen molar-refractivity contribution in [1.29, 1.82) is 0 Å². The summed E-state index contributed by atoms with van der Waals surface area (Å²) in [7, 11) is -0.337. The number of rotatable bonds is 9. The lowest BCUT2D eigenvalue weighted by Crippen LogP contribution is -2.50. The number of piperazine rings is 2. The third-order valence-corrected chi connectivity index (χ3v) is 12.2. The van der Waals surface area contributed by atoms with Crippen molar-refractivity contribution in [2.24, 2.45) is 0 Å². The highest BCUT2D eigenvalue weighted by atomic mass is 32.2. The lowest BCUT2D eigenvalue weighted by Gasteiger charge is -2.35. The zero-order valence-electron chi connectivity index (χ0n) is 27.1. The normalized spacial score (nSPS) is 17.5. The number of benzene rings is 2. The summed E-state index contributed by atoms with van der Waals surface area (Å²) in [5.41, 5.74) is 4.67. The summed E-state index contributed by atoms with van der Waals surface area (Å²) < 4.78 is 33.0. The van der Waals surface area contributed by atoms with E-state index in [1.807, 2.05) is 0 Å². The molecule has 2 aromatic heterocycles. The number of hydrogen-bond donors (Lipinski definition) is 2. The first kappa shape index (κ1) is 33.0. The lowest BCUT2D eigenvalue weighted by molar-refractivity contribution is 0.184. The zero-order chi connectivity index (χ0) is 33.1. The SMILES string of the molecule is COC(=O)Nc1nc(C)c(S(=O)(=O)N2CCN(C[C@H](C)Nc3ncnc4c(-c5cccc(N6CCN(C)CC6)c5)cccc34)CC2)s1. The number of para-hydroxylation sites is 1. The number of nitrogens with zero attached hydrogens (tertiary/aromatic N) is 7. The number of aromatic nitrogens is 3. The van der Waals surface area contributed by atoms with Gasteiger partial charge in [0.2, 0.25) is 0 Å². The average molecular weight is 680 g/mol. The number of anilines is 3. The number of fused-ring (bicyclic) bond motifs is 1. The van der Waals surface area contributed by atoms with E-state index in [9.17, 15) is 13.2 Å². The first-order valence-electron chi connectivity index (χ1n) is 15.7. The highest BCUT2D eigenvalue weighted by molar-refractivity contribution is 7.91. The maximum Gasteiger partial charge on any atom is 0.413 e. The topological polar surface area (TPSA) is 136 Å². The Bertz CT molecular complexity index is 1840. The van der Waals surface area contributed by atoms with Crippen LogP contribution in [0.4, 0.5) is 21.4 Å². The van der Waals surface area contributed by atoms with Gasteiger partial charge in [-0.3, -0.25) is 10.2 Å². The lowest BCUT2D eigenvalue weighted by atomic mass is 10.0. The van der Waals surface area contributed by atoms with Crippen LogP contribution in [0.15, 0.2) is 53.0 Å². The minimum absolute atomic E-state index is 0.0520. The predicted octanol–water partition coefficient (Wildman–Crippen LogP) is 3.80. The molecule has 4 heterocycles. The van der Waals surface area contributed by atoms with E-state index in [1.54, 1.807) is 13.3 Å². The minimum atomic E-state index is -3.74. The van der Waals surface area contributed by atoms with E-state index in [0.29, 0.717) is 31.9 Å². The Morgan fingerprint density at radius 3 is 2.51 bits per heavy atom. The van der Waals surface area contributed by atoms with Gasteiger partial charge in [0.1, 0.15) is 12.1 Å². The number of thiazole rings is 1. The van der Waals surface area contributed by atoms with Crippen LogP contribution in [0.1, 0.15) is 12.6 Å². The van der Waals surface area contributed by atoms with Gasteiger partial charge in [0.05, 0.1) is 18.3 Å². The van der Waals surface area contributed by atoms with E-state index in [0.717, 1.165) is 71.9 Å². The van der Waals surface area contributed by atoms with E-state index in [2.05, 4.69) is 96.5 Å². The third kappa shape index (κ3) is 7.33. The number of hydrogen-bond acceptors (Lipinski definition) is 12. The number of sulfonamides is 1. The molecule has 250 valence electrons. The van der Waals surface area contributed by atoms with Gasteiger partial charge in [-0.05, 0) is 44.7 Å². The summed E-state index contributed by atoms with van der Waals surface area (Å²) in [5.74, 6) is 0.776. The largest absolute Gasteiger partial charge is 0.453 e. The van der Waals surface area contributed by atoms with E-state index in [-0.39, 0.29) is 15.4 Å². The molecule has 1 atom stereocenters. The summed E-state index contributed by atoms with van der Waals surface area (Å²) in [5, 5.41) is 7.18. The molecular formula is C32H41N9O4S2. The van der Waals surface area contributed by atoms with E-state index in [4.69, 9.17) is 4.98 Å². The molecule has 2 aliphatic rings. The Balaban J connectivity index is 1.10. The smallest absolute Gasteiger partial charge is 0.413 e. The summed E-state index contributed by atoms with van der Waals surface area (Å²) in [4.78, 5) is 32.1. The second-order valence-corrected chi connectivity index (χ2v) is 15.2. The number of nitrogens with one attached hydrogen (secondary N) is 2. The molecule has 0 unspecified atom stereocenters. The van der Waals surface area contributed by atoms with Crippen molar-refractivity contribution in [3.05, 3.63) is 54.5 Å². The van der Waals surface area contributed by atoms with Gasteiger partial charge >= 0.3 is 6.09 Å². The first-order chi connectivity index (χ1) is 22.6. The summed E-state index contributed by atoms with van der Waals surface area (Å²) in [6, 6.07) is 15.0. The fourth-order valence-corrected chi connectivity index (χ4v) is 9.08. The molecule has 4 aromatic rings. The monoisotopic (exact) mass is 679 g/mol. The molecule has 6 rings (SSSR count). The molecule has 2 saturated heterocycles. The van der Waals surface area contributed by atoms with Gasteiger partial charge in [0.15, 0.2) is 9.34 Å². The van der Waals surface area contributed by atoms with E-state index >= 15 is 0 Å². The van der Waals surface area contributed by atoms with Crippen molar-refractivity contribution in [3.63, 3.8) is 0 Å². The van der Waals surface area contributed by atoms with Gasteiger partial charge in [-0.25, -0.2) is 28.2 Å². The Labute approximate surface area is 279 Å². The molecule has 1 amide bonds. The number of likely N-dealkylation sites (N-methyl/N-ethyl adjacent to an activating group) is 1. The maximum absolute atomic E-state index is 13.4. The van der Waals surface area contributed by atoms with Crippen molar-refractivity contribution < 1.29 is 17.9 Å². The summed E-state index contributed by atoms with van der Waals surface area (Å²) in [6.07, 6.45) is 0.920. The Hall–Kier alpha value is -3.89. The number of amides is 1. The fourth-order valence-electron chi connectivity index (χ4n) is 6.12. The molecule has 0 bridgehead atoms. The zero-order valence-corrected chi connectivity index (χ0v) is 28.8. The molecule has 2 aromatic carbocycles. The van der Waals surface area contributed by atoms with Crippen LogP contribution < -0.4 is 15.5 Å². The van der Waals surface area contributed by atoms with Gasteiger partial charge < -0.3 is 19.9 Å². The molecule has 0 radical (unpaired) electrons. The number of ether oxygens (including phenoxy) is 1. The molecule has 2 fully saturated rings. The summed E-state index contributed by atoms with van der Waals surface area (Å²) in [6.45, 7) is 10.5. The van der Waals surface area contributed by atoms with Gasteiger partial charge in [-0.1, -0.05) is 35.6 Å². The molecule has 0 saturated carbocycles. The number of carbonyl (C=O) groups excluding carboxylic acids is 1. The number of methoxy groups -OCH3 is 1.